The molecule has 3 atom stereocenters. The zero-order chi connectivity index (χ0) is 15.8. The highest BCUT2D eigenvalue weighted by Gasteiger charge is 2.34. The van der Waals surface area contributed by atoms with Crippen LogP contribution in [0.2, 0.25) is 0 Å². The molecule has 0 aromatic rings. The van der Waals surface area contributed by atoms with Crippen LogP contribution in [-0.2, 0) is 0 Å². The van der Waals surface area contributed by atoms with Gasteiger partial charge in [0.2, 0.25) is 0 Å². The lowest BCUT2D eigenvalue weighted by Crippen LogP contribution is -2.29. The maximum Gasteiger partial charge on any atom is 0.0140 e. The Morgan fingerprint density at radius 3 is 2.86 bits per heavy atom. The van der Waals surface area contributed by atoms with Crippen molar-refractivity contribution in [3.63, 3.8) is 0 Å². The molecule has 2 aliphatic carbocycles. The zero-order valence-corrected chi connectivity index (χ0v) is 15.7. The van der Waals surface area contributed by atoms with Crippen LogP contribution in [0.1, 0.15) is 72.1 Å². The van der Waals surface area contributed by atoms with E-state index in [0.717, 1.165) is 17.8 Å². The van der Waals surface area contributed by atoms with E-state index in [1.54, 1.807) is 11.1 Å². The Kier molecular flexibility index (Phi) is 7.90. The molecular formula is C21H34S. The SMILES string of the molecule is CCC/C=C(\C)CSCC(CC)CC1CCC1C1=C=CCC1. The van der Waals surface area contributed by atoms with Crippen LogP contribution < -0.4 is 0 Å². The van der Waals surface area contributed by atoms with Gasteiger partial charge in [0.05, 0.1) is 0 Å². The first-order valence-corrected chi connectivity index (χ1v) is 10.6. The second-order valence-corrected chi connectivity index (χ2v) is 8.25. The molecule has 0 aliphatic heterocycles. The highest BCUT2D eigenvalue weighted by atomic mass is 32.2. The molecule has 124 valence electrons. The van der Waals surface area contributed by atoms with Gasteiger partial charge in [0.25, 0.3) is 0 Å². The molecule has 0 N–H and O–H groups in total. The van der Waals surface area contributed by atoms with Crippen molar-refractivity contribution in [1.29, 1.82) is 0 Å². The predicted molar refractivity (Wildman–Crippen MR) is 101 cm³/mol. The van der Waals surface area contributed by atoms with Gasteiger partial charge >= 0.3 is 0 Å². The van der Waals surface area contributed by atoms with Crippen LogP contribution in [0.4, 0.5) is 0 Å². The normalized spacial score (nSPS) is 26.0. The summed E-state index contributed by atoms with van der Waals surface area (Å²) >= 11 is 2.16. The Morgan fingerprint density at radius 2 is 2.27 bits per heavy atom. The summed E-state index contributed by atoms with van der Waals surface area (Å²) in [4.78, 5) is 0. The van der Waals surface area contributed by atoms with Gasteiger partial charge in [-0.1, -0.05) is 38.3 Å². The lowest BCUT2D eigenvalue weighted by molar-refractivity contribution is 0.172. The van der Waals surface area contributed by atoms with Crippen LogP contribution in [0, 0.1) is 17.8 Å². The molecule has 0 saturated heterocycles. The maximum atomic E-state index is 3.54. The molecule has 0 bridgehead atoms. The monoisotopic (exact) mass is 318 g/mol. The summed E-state index contributed by atoms with van der Waals surface area (Å²) in [5.41, 5.74) is 6.76. The number of rotatable bonds is 10. The van der Waals surface area contributed by atoms with Crippen molar-refractivity contribution in [3.8, 4) is 0 Å². The summed E-state index contributed by atoms with van der Waals surface area (Å²) in [6, 6.07) is 0. The fourth-order valence-corrected chi connectivity index (χ4v) is 4.99. The molecule has 1 fully saturated rings. The van der Waals surface area contributed by atoms with Crippen LogP contribution in [0.3, 0.4) is 0 Å². The third kappa shape index (κ3) is 5.36. The van der Waals surface area contributed by atoms with Crippen molar-refractivity contribution < 1.29 is 0 Å². The minimum Gasteiger partial charge on any atom is -0.157 e. The van der Waals surface area contributed by atoms with Gasteiger partial charge in [-0.25, -0.2) is 0 Å². The molecule has 0 spiro atoms. The fourth-order valence-electron chi connectivity index (χ4n) is 3.72. The van der Waals surface area contributed by atoms with Gasteiger partial charge in [-0.2, -0.15) is 11.8 Å². The highest BCUT2D eigenvalue weighted by Crippen LogP contribution is 2.45. The van der Waals surface area contributed by atoms with Gasteiger partial charge in [0.15, 0.2) is 0 Å². The van der Waals surface area contributed by atoms with E-state index in [1.165, 1.54) is 62.9 Å². The molecule has 0 amide bonds. The fraction of sp³-hybridized carbons (Fsp3) is 0.762. The summed E-state index contributed by atoms with van der Waals surface area (Å²) in [6.45, 7) is 6.94. The predicted octanol–water partition coefficient (Wildman–Crippen LogP) is 6.78. The van der Waals surface area contributed by atoms with Gasteiger partial charge < -0.3 is 0 Å². The molecule has 0 nitrogen and oxygen atoms in total. The third-order valence-corrected chi connectivity index (χ3v) is 6.76. The minimum atomic E-state index is 0.893. The van der Waals surface area contributed by atoms with E-state index in [-0.39, 0.29) is 0 Å². The Balaban J connectivity index is 1.70. The maximum absolute atomic E-state index is 3.54. The first-order valence-electron chi connectivity index (χ1n) is 9.41. The molecule has 0 aromatic heterocycles. The Bertz CT molecular complexity index is 425. The summed E-state index contributed by atoms with van der Waals surface area (Å²) in [7, 11) is 0. The lowest BCUT2D eigenvalue weighted by atomic mass is 9.66. The summed E-state index contributed by atoms with van der Waals surface area (Å²) in [6.07, 6.45) is 15.4. The number of unbranched alkanes of at least 4 members (excludes halogenated alkanes) is 1. The average Bonchev–Trinajstić information content (AvgIpc) is 3.00. The third-order valence-electron chi connectivity index (χ3n) is 5.39. The molecule has 2 rings (SSSR count). The highest BCUT2D eigenvalue weighted by molar-refractivity contribution is 7.99. The van der Waals surface area contributed by atoms with E-state index in [1.807, 2.05) is 0 Å². The van der Waals surface area contributed by atoms with Crippen molar-refractivity contribution in [1.82, 2.24) is 0 Å². The largest absolute Gasteiger partial charge is 0.157 e. The summed E-state index contributed by atoms with van der Waals surface area (Å²) in [5, 5.41) is 0. The Labute approximate surface area is 142 Å². The second kappa shape index (κ2) is 9.68. The van der Waals surface area contributed by atoms with E-state index in [2.05, 4.69) is 50.4 Å². The van der Waals surface area contributed by atoms with Crippen molar-refractivity contribution in [3.05, 3.63) is 29.0 Å². The Morgan fingerprint density at radius 1 is 1.41 bits per heavy atom. The summed E-state index contributed by atoms with van der Waals surface area (Å²) < 4.78 is 0. The van der Waals surface area contributed by atoms with E-state index in [4.69, 9.17) is 0 Å². The minimum absolute atomic E-state index is 0.893. The van der Waals surface area contributed by atoms with Gasteiger partial charge in [0.1, 0.15) is 0 Å². The molecule has 0 heterocycles. The van der Waals surface area contributed by atoms with Gasteiger partial charge in [-0.3, -0.25) is 0 Å². The average molecular weight is 319 g/mol. The van der Waals surface area contributed by atoms with Gasteiger partial charge in [-0.05, 0) is 80.6 Å². The van der Waals surface area contributed by atoms with Gasteiger partial charge in [0, 0.05) is 5.75 Å². The van der Waals surface area contributed by atoms with Crippen molar-refractivity contribution in [2.45, 2.75) is 72.1 Å². The topological polar surface area (TPSA) is 0 Å². The second-order valence-electron chi connectivity index (χ2n) is 7.22. The lowest BCUT2D eigenvalue weighted by Gasteiger charge is -2.39. The standard InChI is InChI=1S/C21H34S/c1-4-6-9-17(3)15-22-16-18(5-2)14-20-12-13-21(20)19-10-7-8-11-19/h7,9,18,20-21H,4-6,8,11-16H2,1-3H3/b17-9+. The first-order chi connectivity index (χ1) is 10.7. The molecule has 1 saturated carbocycles. The molecule has 22 heavy (non-hydrogen) atoms. The van der Waals surface area contributed by atoms with Crippen LogP contribution in [0.25, 0.3) is 0 Å². The van der Waals surface area contributed by atoms with E-state index in [9.17, 15) is 0 Å². The first kappa shape index (κ1) is 18.0. The molecule has 0 aromatic carbocycles. The van der Waals surface area contributed by atoms with E-state index < -0.39 is 0 Å². The van der Waals surface area contributed by atoms with Crippen LogP contribution in [0.5, 0.6) is 0 Å². The molecular weight excluding hydrogens is 284 g/mol. The number of hydrogen-bond donors (Lipinski definition) is 0. The molecule has 0 radical (unpaired) electrons. The number of hydrogen-bond acceptors (Lipinski definition) is 1. The van der Waals surface area contributed by atoms with Crippen molar-refractivity contribution in [2.24, 2.45) is 17.8 Å². The number of thioether (sulfide) groups is 1. The van der Waals surface area contributed by atoms with Crippen molar-refractivity contribution in [2.75, 3.05) is 11.5 Å². The zero-order valence-electron chi connectivity index (χ0n) is 14.9. The smallest absolute Gasteiger partial charge is 0.0140 e. The van der Waals surface area contributed by atoms with E-state index in [0.29, 0.717) is 0 Å². The molecule has 1 heteroatoms. The molecule has 3 unspecified atom stereocenters. The quantitative estimate of drug-likeness (QED) is 0.316. The van der Waals surface area contributed by atoms with E-state index >= 15 is 0 Å². The van der Waals surface area contributed by atoms with Gasteiger partial charge in [-0.15, -0.1) is 5.73 Å². The molecule has 2 aliphatic rings. The number of allylic oxidation sites excluding steroid dienone is 2. The summed E-state index contributed by atoms with van der Waals surface area (Å²) in [5.74, 6) is 5.37. The van der Waals surface area contributed by atoms with Crippen LogP contribution >= 0.6 is 11.8 Å². The van der Waals surface area contributed by atoms with Crippen LogP contribution in [0.15, 0.2) is 29.0 Å². The van der Waals surface area contributed by atoms with Crippen LogP contribution in [-0.4, -0.2) is 11.5 Å². The Hall–Kier alpha value is -0.390. The van der Waals surface area contributed by atoms with Crippen molar-refractivity contribution >= 4 is 11.8 Å².